The minimum Gasteiger partial charge on any atom is -0.452 e. The Morgan fingerprint density at radius 2 is 2.04 bits per heavy atom. The average molecular weight is 354 g/mol. The van der Waals surface area contributed by atoms with E-state index in [1.165, 1.54) is 24.8 Å². The number of allylic oxidation sites excluding steroid dienone is 1. The maximum atomic E-state index is 12.0. The van der Waals surface area contributed by atoms with Gasteiger partial charge in [-0.05, 0) is 44.2 Å². The topological polar surface area (TPSA) is 81.4 Å². The van der Waals surface area contributed by atoms with E-state index in [9.17, 15) is 9.59 Å². The molecule has 0 spiro atoms. The zero-order valence-corrected chi connectivity index (χ0v) is 14.6. The minimum atomic E-state index is -0.528. The van der Waals surface area contributed by atoms with E-state index in [0.717, 1.165) is 24.8 Å². The standard InChI is InChI=1S/C20H22N2O4/c23-19(22-11-10-15-4-2-1-3-5-15)13-25-20(24)17-8-6-16(7-9-17)18-12-21-14-26-18/h4,6-9,12,14H,1-3,5,10-11,13H2,(H,22,23). The van der Waals surface area contributed by atoms with Crippen LogP contribution in [0.1, 0.15) is 42.5 Å². The Balaban J connectivity index is 1.40. The lowest BCUT2D eigenvalue weighted by Crippen LogP contribution is -2.29. The molecular formula is C20H22N2O4. The molecule has 0 bridgehead atoms. The Labute approximate surface area is 152 Å². The molecule has 1 amide bonds. The van der Waals surface area contributed by atoms with Crippen LogP contribution in [-0.4, -0.2) is 30.0 Å². The highest BCUT2D eigenvalue weighted by atomic mass is 16.5. The largest absolute Gasteiger partial charge is 0.452 e. The smallest absolute Gasteiger partial charge is 0.338 e. The molecule has 136 valence electrons. The molecule has 0 atom stereocenters. The first kappa shape index (κ1) is 17.9. The predicted molar refractivity (Wildman–Crippen MR) is 96.4 cm³/mol. The molecule has 6 nitrogen and oxygen atoms in total. The molecule has 0 saturated heterocycles. The molecule has 1 N–H and O–H groups in total. The van der Waals surface area contributed by atoms with Crippen molar-refractivity contribution in [3.63, 3.8) is 0 Å². The highest BCUT2D eigenvalue weighted by molar-refractivity contribution is 5.91. The van der Waals surface area contributed by atoms with Gasteiger partial charge in [0.1, 0.15) is 0 Å². The van der Waals surface area contributed by atoms with Gasteiger partial charge < -0.3 is 14.5 Å². The van der Waals surface area contributed by atoms with Crippen LogP contribution in [0.15, 0.2) is 52.9 Å². The number of oxazole rings is 1. The lowest BCUT2D eigenvalue weighted by molar-refractivity contribution is -0.124. The number of aromatic nitrogens is 1. The van der Waals surface area contributed by atoms with Crippen molar-refractivity contribution < 1.29 is 18.7 Å². The second-order valence-electron chi connectivity index (χ2n) is 6.23. The summed E-state index contributed by atoms with van der Waals surface area (Å²) in [6, 6.07) is 6.76. The summed E-state index contributed by atoms with van der Waals surface area (Å²) in [5, 5.41) is 2.79. The van der Waals surface area contributed by atoms with E-state index in [-0.39, 0.29) is 12.5 Å². The van der Waals surface area contributed by atoms with E-state index in [0.29, 0.717) is 17.9 Å². The number of nitrogens with zero attached hydrogens (tertiary/aromatic N) is 1. The number of carbonyl (C=O) groups excluding carboxylic acids is 2. The molecule has 0 radical (unpaired) electrons. The fourth-order valence-electron chi connectivity index (χ4n) is 2.89. The fraction of sp³-hybridized carbons (Fsp3) is 0.350. The number of amides is 1. The Morgan fingerprint density at radius 3 is 2.73 bits per heavy atom. The number of carbonyl (C=O) groups is 2. The van der Waals surface area contributed by atoms with Gasteiger partial charge in [0.05, 0.1) is 11.8 Å². The lowest BCUT2D eigenvalue weighted by Gasteiger charge is -2.13. The molecule has 26 heavy (non-hydrogen) atoms. The van der Waals surface area contributed by atoms with Gasteiger partial charge in [0.25, 0.3) is 5.91 Å². The van der Waals surface area contributed by atoms with Gasteiger partial charge in [-0.15, -0.1) is 0 Å². The van der Waals surface area contributed by atoms with E-state index < -0.39 is 5.97 Å². The summed E-state index contributed by atoms with van der Waals surface area (Å²) in [6.07, 6.45) is 10.8. The first-order chi connectivity index (χ1) is 12.7. The zero-order chi connectivity index (χ0) is 18.2. The summed E-state index contributed by atoms with van der Waals surface area (Å²) >= 11 is 0. The van der Waals surface area contributed by atoms with Gasteiger partial charge in [0.15, 0.2) is 18.8 Å². The Kier molecular flexibility index (Phi) is 6.19. The van der Waals surface area contributed by atoms with Crippen molar-refractivity contribution in [1.82, 2.24) is 10.3 Å². The number of hydrogen-bond acceptors (Lipinski definition) is 5. The predicted octanol–water partition coefficient (Wildman–Crippen LogP) is 3.51. The second kappa shape index (κ2) is 8.99. The summed E-state index contributed by atoms with van der Waals surface area (Å²) in [5.41, 5.74) is 2.60. The fourth-order valence-corrected chi connectivity index (χ4v) is 2.89. The second-order valence-corrected chi connectivity index (χ2v) is 6.23. The zero-order valence-electron chi connectivity index (χ0n) is 14.6. The van der Waals surface area contributed by atoms with E-state index in [1.54, 1.807) is 30.5 Å². The Bertz CT molecular complexity index is 764. The van der Waals surface area contributed by atoms with Gasteiger partial charge in [-0.25, -0.2) is 9.78 Å². The van der Waals surface area contributed by atoms with Crippen LogP contribution < -0.4 is 5.32 Å². The molecule has 0 saturated carbocycles. The number of nitrogens with one attached hydrogen (secondary N) is 1. The summed E-state index contributed by atoms with van der Waals surface area (Å²) in [6.45, 7) is 0.301. The molecular weight excluding hydrogens is 332 g/mol. The van der Waals surface area contributed by atoms with Crippen LogP contribution in [-0.2, 0) is 9.53 Å². The van der Waals surface area contributed by atoms with E-state index in [1.807, 2.05) is 0 Å². The molecule has 0 unspecified atom stereocenters. The van der Waals surface area contributed by atoms with Crippen molar-refractivity contribution in [2.45, 2.75) is 32.1 Å². The van der Waals surface area contributed by atoms with Gasteiger partial charge in [0, 0.05) is 12.1 Å². The van der Waals surface area contributed by atoms with Crippen LogP contribution in [0.4, 0.5) is 0 Å². The third kappa shape index (κ3) is 5.05. The maximum absolute atomic E-state index is 12.0. The Hall–Kier alpha value is -2.89. The van der Waals surface area contributed by atoms with Gasteiger partial charge in [-0.1, -0.05) is 23.8 Å². The number of ether oxygens (including phenoxy) is 1. The summed E-state index contributed by atoms with van der Waals surface area (Å²) in [5.74, 6) is -0.190. The van der Waals surface area contributed by atoms with Crippen LogP contribution in [0.3, 0.4) is 0 Å². The highest BCUT2D eigenvalue weighted by Crippen LogP contribution is 2.20. The monoisotopic (exact) mass is 354 g/mol. The average Bonchev–Trinajstić information content (AvgIpc) is 3.22. The summed E-state index contributed by atoms with van der Waals surface area (Å²) < 4.78 is 10.3. The lowest BCUT2D eigenvalue weighted by atomic mass is 9.97. The molecule has 0 fully saturated rings. The molecule has 0 aliphatic heterocycles. The summed E-state index contributed by atoms with van der Waals surface area (Å²) in [7, 11) is 0. The third-order valence-electron chi connectivity index (χ3n) is 4.33. The van der Waals surface area contributed by atoms with Gasteiger partial charge in [-0.2, -0.15) is 0 Å². The molecule has 6 heteroatoms. The van der Waals surface area contributed by atoms with Crippen LogP contribution in [0, 0.1) is 0 Å². The minimum absolute atomic E-state index is 0.276. The van der Waals surface area contributed by atoms with Gasteiger partial charge >= 0.3 is 5.97 Å². The van der Waals surface area contributed by atoms with Crippen molar-refractivity contribution in [1.29, 1.82) is 0 Å². The quantitative estimate of drug-likeness (QED) is 0.608. The molecule has 1 aromatic heterocycles. The van der Waals surface area contributed by atoms with Crippen LogP contribution in [0.5, 0.6) is 0 Å². The van der Waals surface area contributed by atoms with Crippen molar-refractivity contribution in [3.8, 4) is 11.3 Å². The summed E-state index contributed by atoms with van der Waals surface area (Å²) in [4.78, 5) is 27.7. The maximum Gasteiger partial charge on any atom is 0.338 e. The molecule has 1 aliphatic rings. The molecule has 2 aromatic rings. The number of esters is 1. The van der Waals surface area contributed by atoms with E-state index >= 15 is 0 Å². The van der Waals surface area contributed by atoms with E-state index in [4.69, 9.17) is 9.15 Å². The SMILES string of the molecule is O=C(COC(=O)c1ccc(-c2cnco2)cc1)NCCC1=CCCCC1. The number of benzene rings is 1. The van der Waals surface area contributed by atoms with Crippen molar-refractivity contribution in [3.05, 3.63) is 54.1 Å². The van der Waals surface area contributed by atoms with Crippen molar-refractivity contribution >= 4 is 11.9 Å². The van der Waals surface area contributed by atoms with Crippen LogP contribution >= 0.6 is 0 Å². The molecule has 1 aromatic carbocycles. The van der Waals surface area contributed by atoms with Crippen molar-refractivity contribution in [2.75, 3.05) is 13.2 Å². The highest BCUT2D eigenvalue weighted by Gasteiger charge is 2.11. The first-order valence-corrected chi connectivity index (χ1v) is 8.83. The molecule has 1 aliphatic carbocycles. The van der Waals surface area contributed by atoms with E-state index in [2.05, 4.69) is 16.4 Å². The molecule has 1 heterocycles. The molecule has 3 rings (SSSR count). The third-order valence-corrected chi connectivity index (χ3v) is 4.33. The van der Waals surface area contributed by atoms with Crippen LogP contribution in [0.2, 0.25) is 0 Å². The van der Waals surface area contributed by atoms with Crippen molar-refractivity contribution in [2.24, 2.45) is 0 Å². The number of hydrogen-bond donors (Lipinski definition) is 1. The first-order valence-electron chi connectivity index (χ1n) is 8.83. The number of rotatable bonds is 7. The van der Waals surface area contributed by atoms with Gasteiger partial charge in [0.2, 0.25) is 0 Å². The Morgan fingerprint density at radius 1 is 1.19 bits per heavy atom. The normalized spacial score (nSPS) is 13.8. The van der Waals surface area contributed by atoms with Crippen LogP contribution in [0.25, 0.3) is 11.3 Å². The van der Waals surface area contributed by atoms with Gasteiger partial charge in [-0.3, -0.25) is 4.79 Å².